The van der Waals surface area contributed by atoms with Gasteiger partial charge in [0.15, 0.2) is 0 Å². The first-order chi connectivity index (χ1) is 8.31. The van der Waals surface area contributed by atoms with Crippen molar-refractivity contribution in [2.75, 3.05) is 19.3 Å². The Bertz CT molecular complexity index is 238. The Morgan fingerprint density at radius 1 is 1.33 bits per heavy atom. The zero-order valence-corrected chi connectivity index (χ0v) is 13.4. The van der Waals surface area contributed by atoms with Crippen molar-refractivity contribution in [3.8, 4) is 0 Å². The number of thioether (sulfide) groups is 1. The summed E-state index contributed by atoms with van der Waals surface area (Å²) in [5.41, 5.74) is 5.87. The van der Waals surface area contributed by atoms with E-state index in [0.717, 1.165) is 19.4 Å². The van der Waals surface area contributed by atoms with Crippen molar-refractivity contribution >= 4 is 17.7 Å². The maximum absolute atomic E-state index is 11.7. The van der Waals surface area contributed by atoms with Crippen LogP contribution in [-0.2, 0) is 4.79 Å². The van der Waals surface area contributed by atoms with Crippen LogP contribution in [0.3, 0.4) is 0 Å². The summed E-state index contributed by atoms with van der Waals surface area (Å²) in [5, 5.41) is 3.47. The third-order valence-corrected chi connectivity index (χ3v) is 4.42. The molecule has 0 rings (SSSR count). The van der Waals surface area contributed by atoms with Gasteiger partial charge in [-0.2, -0.15) is 11.8 Å². The number of nitrogens with one attached hydrogen (secondary N) is 1. The van der Waals surface area contributed by atoms with Crippen molar-refractivity contribution < 1.29 is 4.79 Å². The van der Waals surface area contributed by atoms with Gasteiger partial charge in [0.2, 0.25) is 5.91 Å². The molecule has 0 saturated carbocycles. The number of amides is 1. The van der Waals surface area contributed by atoms with Gasteiger partial charge in [-0.1, -0.05) is 27.7 Å². The Morgan fingerprint density at radius 2 is 1.94 bits per heavy atom. The predicted molar refractivity (Wildman–Crippen MR) is 81.8 cm³/mol. The minimum absolute atomic E-state index is 0.169. The third-order valence-electron chi connectivity index (χ3n) is 3.45. The highest BCUT2D eigenvalue weighted by molar-refractivity contribution is 7.99. The summed E-state index contributed by atoms with van der Waals surface area (Å²) in [7, 11) is 0. The standard InChI is InChI=1S/C14H30N2OS/c1-11(18-5)10-16-13(17)7-6-12(8-9-15)14(2,3)4/h11-12H,6-10,15H2,1-5H3,(H,16,17). The summed E-state index contributed by atoms with van der Waals surface area (Å²) in [6.45, 7) is 10.3. The molecule has 0 aromatic carbocycles. The van der Waals surface area contributed by atoms with Crippen molar-refractivity contribution in [3.05, 3.63) is 0 Å². The van der Waals surface area contributed by atoms with Crippen LogP contribution in [-0.4, -0.2) is 30.5 Å². The van der Waals surface area contributed by atoms with E-state index in [1.807, 2.05) is 0 Å². The molecule has 3 N–H and O–H groups in total. The first-order valence-corrected chi connectivity index (χ1v) is 8.09. The molecule has 0 aliphatic heterocycles. The van der Waals surface area contributed by atoms with E-state index < -0.39 is 0 Å². The van der Waals surface area contributed by atoms with Crippen LogP contribution in [0.2, 0.25) is 0 Å². The second kappa shape index (κ2) is 8.81. The molecule has 0 fully saturated rings. The maximum Gasteiger partial charge on any atom is 0.220 e. The van der Waals surface area contributed by atoms with Crippen LogP contribution >= 0.6 is 11.8 Å². The zero-order valence-electron chi connectivity index (χ0n) is 12.6. The second-order valence-electron chi connectivity index (χ2n) is 6.03. The average Bonchev–Trinajstić information content (AvgIpc) is 2.29. The SMILES string of the molecule is CSC(C)CNC(=O)CCC(CCN)C(C)(C)C. The molecule has 2 unspecified atom stereocenters. The van der Waals surface area contributed by atoms with E-state index in [9.17, 15) is 4.79 Å². The topological polar surface area (TPSA) is 55.1 Å². The highest BCUT2D eigenvalue weighted by atomic mass is 32.2. The molecule has 108 valence electrons. The molecular weight excluding hydrogens is 244 g/mol. The first-order valence-electron chi connectivity index (χ1n) is 6.80. The summed E-state index contributed by atoms with van der Waals surface area (Å²) in [6, 6.07) is 0. The summed E-state index contributed by atoms with van der Waals surface area (Å²) in [5.74, 6) is 0.688. The fourth-order valence-electron chi connectivity index (χ4n) is 1.95. The van der Waals surface area contributed by atoms with E-state index in [0.29, 0.717) is 24.1 Å². The van der Waals surface area contributed by atoms with Gasteiger partial charge in [0.25, 0.3) is 0 Å². The van der Waals surface area contributed by atoms with Crippen LogP contribution < -0.4 is 11.1 Å². The number of rotatable bonds is 8. The van der Waals surface area contributed by atoms with Gasteiger partial charge in [0.1, 0.15) is 0 Å². The van der Waals surface area contributed by atoms with Gasteiger partial charge in [-0.25, -0.2) is 0 Å². The normalized spacial score (nSPS) is 15.2. The van der Waals surface area contributed by atoms with Crippen LogP contribution in [0.4, 0.5) is 0 Å². The summed E-state index contributed by atoms with van der Waals surface area (Å²) >= 11 is 1.77. The third kappa shape index (κ3) is 7.98. The molecule has 0 radical (unpaired) electrons. The molecule has 0 aliphatic rings. The smallest absolute Gasteiger partial charge is 0.220 e. The van der Waals surface area contributed by atoms with Gasteiger partial charge in [-0.3, -0.25) is 4.79 Å². The molecule has 0 aromatic rings. The summed E-state index contributed by atoms with van der Waals surface area (Å²) < 4.78 is 0. The number of carbonyl (C=O) groups excluding carboxylic acids is 1. The van der Waals surface area contributed by atoms with Crippen molar-refractivity contribution in [2.45, 2.75) is 52.2 Å². The van der Waals surface area contributed by atoms with Gasteiger partial charge in [-0.15, -0.1) is 0 Å². The Labute approximate surface area is 117 Å². The first kappa shape index (κ1) is 17.8. The molecule has 4 heteroatoms. The monoisotopic (exact) mass is 274 g/mol. The Hall–Kier alpha value is -0.220. The van der Waals surface area contributed by atoms with E-state index in [2.05, 4.69) is 39.3 Å². The van der Waals surface area contributed by atoms with Gasteiger partial charge < -0.3 is 11.1 Å². The lowest BCUT2D eigenvalue weighted by Gasteiger charge is -2.30. The predicted octanol–water partition coefficient (Wildman–Crippen LogP) is 2.65. The number of nitrogens with two attached hydrogens (primary N) is 1. The minimum atomic E-state index is 0.169. The van der Waals surface area contributed by atoms with Crippen molar-refractivity contribution in [3.63, 3.8) is 0 Å². The largest absolute Gasteiger partial charge is 0.355 e. The molecule has 0 heterocycles. The molecule has 1 amide bonds. The lowest BCUT2D eigenvalue weighted by atomic mass is 9.76. The Balaban J connectivity index is 4.00. The average molecular weight is 274 g/mol. The number of hydrogen-bond donors (Lipinski definition) is 2. The van der Waals surface area contributed by atoms with Gasteiger partial charge in [-0.05, 0) is 37.0 Å². The van der Waals surface area contributed by atoms with E-state index in [1.54, 1.807) is 11.8 Å². The fourth-order valence-corrected chi connectivity index (χ4v) is 2.20. The molecule has 2 atom stereocenters. The minimum Gasteiger partial charge on any atom is -0.355 e. The molecule has 0 aromatic heterocycles. The molecule has 0 bridgehead atoms. The van der Waals surface area contributed by atoms with E-state index in [4.69, 9.17) is 5.73 Å². The quantitative estimate of drug-likeness (QED) is 0.715. The van der Waals surface area contributed by atoms with Crippen LogP contribution in [0.5, 0.6) is 0 Å². The molecule has 0 aliphatic carbocycles. The van der Waals surface area contributed by atoms with Crippen molar-refractivity contribution in [1.82, 2.24) is 5.32 Å². The second-order valence-corrected chi connectivity index (χ2v) is 7.31. The molecule has 0 saturated heterocycles. The zero-order chi connectivity index (χ0) is 14.2. The number of carbonyl (C=O) groups is 1. The van der Waals surface area contributed by atoms with Crippen LogP contribution in [0.25, 0.3) is 0 Å². The Morgan fingerprint density at radius 3 is 2.39 bits per heavy atom. The summed E-state index contributed by atoms with van der Waals surface area (Å²) in [6.07, 6.45) is 4.61. The van der Waals surface area contributed by atoms with Crippen molar-refractivity contribution in [1.29, 1.82) is 0 Å². The van der Waals surface area contributed by atoms with E-state index in [-0.39, 0.29) is 11.3 Å². The molecule has 0 spiro atoms. The summed E-state index contributed by atoms with van der Waals surface area (Å²) in [4.78, 5) is 11.7. The maximum atomic E-state index is 11.7. The molecular formula is C14H30N2OS. The van der Waals surface area contributed by atoms with E-state index >= 15 is 0 Å². The lowest BCUT2D eigenvalue weighted by Crippen LogP contribution is -2.31. The van der Waals surface area contributed by atoms with Crippen molar-refractivity contribution in [2.24, 2.45) is 17.1 Å². The fraction of sp³-hybridized carbons (Fsp3) is 0.929. The van der Waals surface area contributed by atoms with Crippen LogP contribution in [0, 0.1) is 11.3 Å². The molecule has 18 heavy (non-hydrogen) atoms. The Kier molecular flexibility index (Phi) is 8.70. The van der Waals surface area contributed by atoms with Gasteiger partial charge in [0.05, 0.1) is 0 Å². The number of hydrogen-bond acceptors (Lipinski definition) is 3. The highest BCUT2D eigenvalue weighted by Crippen LogP contribution is 2.31. The van der Waals surface area contributed by atoms with E-state index in [1.165, 1.54) is 0 Å². The molecule has 3 nitrogen and oxygen atoms in total. The van der Waals surface area contributed by atoms with Crippen LogP contribution in [0.15, 0.2) is 0 Å². The van der Waals surface area contributed by atoms with Gasteiger partial charge in [0, 0.05) is 18.2 Å². The lowest BCUT2D eigenvalue weighted by molar-refractivity contribution is -0.121. The highest BCUT2D eigenvalue weighted by Gasteiger charge is 2.24. The van der Waals surface area contributed by atoms with Crippen LogP contribution in [0.1, 0.15) is 47.0 Å². The van der Waals surface area contributed by atoms with Gasteiger partial charge >= 0.3 is 0 Å².